The van der Waals surface area contributed by atoms with E-state index in [0.717, 1.165) is 11.3 Å². The minimum absolute atomic E-state index is 0.246. The van der Waals surface area contributed by atoms with Crippen molar-refractivity contribution < 1.29 is 4.79 Å². The first-order valence-electron chi connectivity index (χ1n) is 7.27. The Morgan fingerprint density at radius 3 is 2.55 bits per heavy atom. The maximum absolute atomic E-state index is 12.6. The SMILES string of the molecule is CN(C(=O)C1C2CCCCC21)c1cccc(C(N)=S)c1. The van der Waals surface area contributed by atoms with Crippen molar-refractivity contribution in [2.75, 3.05) is 11.9 Å². The van der Waals surface area contributed by atoms with E-state index in [4.69, 9.17) is 18.0 Å². The number of hydrogen-bond donors (Lipinski definition) is 1. The van der Waals surface area contributed by atoms with Crippen molar-refractivity contribution in [1.29, 1.82) is 0 Å². The molecule has 4 heteroatoms. The molecule has 0 aliphatic heterocycles. The van der Waals surface area contributed by atoms with E-state index in [2.05, 4.69) is 0 Å². The number of carbonyl (C=O) groups is 1. The Labute approximate surface area is 125 Å². The summed E-state index contributed by atoms with van der Waals surface area (Å²) >= 11 is 5.00. The van der Waals surface area contributed by atoms with Crippen LogP contribution in [0.2, 0.25) is 0 Å². The molecule has 106 valence electrons. The van der Waals surface area contributed by atoms with Crippen LogP contribution in [-0.4, -0.2) is 17.9 Å². The Hall–Kier alpha value is -1.42. The second kappa shape index (κ2) is 5.17. The van der Waals surface area contributed by atoms with E-state index in [1.807, 2.05) is 31.3 Å². The van der Waals surface area contributed by atoms with Crippen LogP contribution in [0.5, 0.6) is 0 Å². The van der Waals surface area contributed by atoms with Crippen LogP contribution in [-0.2, 0) is 4.79 Å². The van der Waals surface area contributed by atoms with Crippen LogP contribution in [0, 0.1) is 17.8 Å². The fourth-order valence-corrected chi connectivity index (χ4v) is 3.70. The van der Waals surface area contributed by atoms with Gasteiger partial charge in [0, 0.05) is 24.2 Å². The van der Waals surface area contributed by atoms with E-state index in [0.29, 0.717) is 16.8 Å². The third-order valence-corrected chi connectivity index (χ3v) is 5.03. The van der Waals surface area contributed by atoms with Crippen LogP contribution in [0.4, 0.5) is 5.69 Å². The highest BCUT2D eigenvalue weighted by Gasteiger charge is 2.55. The van der Waals surface area contributed by atoms with Gasteiger partial charge >= 0.3 is 0 Å². The van der Waals surface area contributed by atoms with Gasteiger partial charge in [0.15, 0.2) is 0 Å². The predicted octanol–water partition coefficient (Wildman–Crippen LogP) is 2.72. The fourth-order valence-electron chi connectivity index (χ4n) is 3.58. The minimum atomic E-state index is 0.246. The molecule has 1 aromatic rings. The topological polar surface area (TPSA) is 46.3 Å². The van der Waals surface area contributed by atoms with E-state index < -0.39 is 0 Å². The molecule has 0 heterocycles. The standard InChI is InChI=1S/C16H20N2OS/c1-18(11-6-4-5-10(9-11)15(17)20)16(19)14-12-7-2-3-8-13(12)14/h4-6,9,12-14H,2-3,7-8H2,1H3,(H2,17,20). The molecule has 2 unspecified atom stereocenters. The monoisotopic (exact) mass is 288 g/mol. The summed E-state index contributed by atoms with van der Waals surface area (Å²) in [5.74, 6) is 1.77. The highest BCUT2D eigenvalue weighted by molar-refractivity contribution is 7.80. The number of thiocarbonyl (C=S) groups is 1. The molecule has 3 nitrogen and oxygen atoms in total. The molecule has 3 rings (SSSR count). The lowest BCUT2D eigenvalue weighted by Gasteiger charge is -2.18. The molecule has 2 N–H and O–H groups in total. The van der Waals surface area contributed by atoms with Gasteiger partial charge in [-0.3, -0.25) is 4.79 Å². The number of nitrogens with zero attached hydrogens (tertiary/aromatic N) is 1. The van der Waals surface area contributed by atoms with Crippen molar-refractivity contribution in [2.45, 2.75) is 25.7 Å². The normalized spacial score (nSPS) is 27.6. The smallest absolute Gasteiger partial charge is 0.230 e. The summed E-state index contributed by atoms with van der Waals surface area (Å²) < 4.78 is 0. The van der Waals surface area contributed by atoms with Gasteiger partial charge in [-0.05, 0) is 36.8 Å². The maximum Gasteiger partial charge on any atom is 0.230 e. The van der Waals surface area contributed by atoms with E-state index in [-0.39, 0.29) is 11.8 Å². The second-order valence-corrected chi connectivity index (χ2v) is 6.39. The molecule has 2 aliphatic carbocycles. The van der Waals surface area contributed by atoms with E-state index in [1.54, 1.807) is 4.90 Å². The van der Waals surface area contributed by atoms with Gasteiger partial charge in [-0.25, -0.2) is 0 Å². The Morgan fingerprint density at radius 2 is 1.95 bits per heavy atom. The van der Waals surface area contributed by atoms with Crippen LogP contribution in [0.15, 0.2) is 24.3 Å². The summed E-state index contributed by atoms with van der Waals surface area (Å²) in [5.41, 5.74) is 7.34. The summed E-state index contributed by atoms with van der Waals surface area (Å²) in [6.45, 7) is 0. The molecule has 1 aromatic carbocycles. The van der Waals surface area contributed by atoms with Gasteiger partial charge in [0.25, 0.3) is 0 Å². The molecular formula is C16H20N2OS. The fraction of sp³-hybridized carbons (Fsp3) is 0.500. The zero-order chi connectivity index (χ0) is 14.3. The first kappa shape index (κ1) is 13.6. The number of hydrogen-bond acceptors (Lipinski definition) is 2. The van der Waals surface area contributed by atoms with Crippen molar-refractivity contribution in [3.05, 3.63) is 29.8 Å². The molecule has 0 radical (unpaired) electrons. The van der Waals surface area contributed by atoms with Crippen LogP contribution in [0.25, 0.3) is 0 Å². The predicted molar refractivity (Wildman–Crippen MR) is 84.7 cm³/mol. The molecule has 2 atom stereocenters. The molecule has 2 saturated carbocycles. The molecule has 0 saturated heterocycles. The first-order chi connectivity index (χ1) is 9.59. The number of rotatable bonds is 3. The molecule has 20 heavy (non-hydrogen) atoms. The van der Waals surface area contributed by atoms with Gasteiger partial charge in [-0.15, -0.1) is 0 Å². The number of nitrogens with two attached hydrogens (primary N) is 1. The lowest BCUT2D eigenvalue weighted by molar-refractivity contribution is -0.120. The Bertz CT molecular complexity index is 545. The van der Waals surface area contributed by atoms with Gasteiger partial charge in [0.05, 0.1) is 0 Å². The number of benzene rings is 1. The summed E-state index contributed by atoms with van der Waals surface area (Å²) in [6, 6.07) is 7.60. The summed E-state index contributed by atoms with van der Waals surface area (Å²) in [5, 5.41) is 0. The molecule has 1 amide bonds. The zero-order valence-electron chi connectivity index (χ0n) is 11.7. The van der Waals surface area contributed by atoms with Crippen LogP contribution in [0.1, 0.15) is 31.2 Å². The third kappa shape index (κ3) is 2.33. The van der Waals surface area contributed by atoms with Crippen LogP contribution < -0.4 is 10.6 Å². The highest BCUT2D eigenvalue weighted by Crippen LogP contribution is 2.56. The Kier molecular flexibility index (Phi) is 3.50. The average molecular weight is 288 g/mol. The van der Waals surface area contributed by atoms with Gasteiger partial charge in [0.1, 0.15) is 4.99 Å². The first-order valence-corrected chi connectivity index (χ1v) is 7.68. The van der Waals surface area contributed by atoms with E-state index in [1.165, 1.54) is 25.7 Å². The lowest BCUT2D eigenvalue weighted by atomic mass is 10.0. The molecule has 0 bridgehead atoms. The largest absolute Gasteiger partial charge is 0.389 e. The molecule has 2 aliphatic rings. The molecule has 2 fully saturated rings. The lowest BCUT2D eigenvalue weighted by Crippen LogP contribution is -2.29. The highest BCUT2D eigenvalue weighted by atomic mass is 32.1. The third-order valence-electron chi connectivity index (χ3n) is 4.79. The van der Waals surface area contributed by atoms with Gasteiger partial charge in [-0.2, -0.15) is 0 Å². The zero-order valence-corrected chi connectivity index (χ0v) is 12.5. The van der Waals surface area contributed by atoms with Crippen molar-refractivity contribution in [3.8, 4) is 0 Å². The quantitative estimate of drug-likeness (QED) is 0.870. The Morgan fingerprint density at radius 1 is 1.30 bits per heavy atom. The average Bonchev–Trinajstić information content (AvgIpc) is 3.20. The summed E-state index contributed by atoms with van der Waals surface area (Å²) in [6.07, 6.45) is 5.01. The van der Waals surface area contributed by atoms with Crippen LogP contribution >= 0.6 is 12.2 Å². The number of anilines is 1. The summed E-state index contributed by atoms with van der Waals surface area (Å²) in [4.78, 5) is 14.8. The number of carbonyl (C=O) groups excluding carboxylic acids is 1. The van der Waals surface area contributed by atoms with Crippen molar-refractivity contribution in [2.24, 2.45) is 23.5 Å². The maximum atomic E-state index is 12.6. The van der Waals surface area contributed by atoms with Gasteiger partial charge < -0.3 is 10.6 Å². The van der Waals surface area contributed by atoms with Crippen molar-refractivity contribution >= 4 is 28.8 Å². The van der Waals surface area contributed by atoms with Crippen molar-refractivity contribution in [1.82, 2.24) is 0 Å². The van der Waals surface area contributed by atoms with Crippen LogP contribution in [0.3, 0.4) is 0 Å². The van der Waals surface area contributed by atoms with Gasteiger partial charge in [-0.1, -0.05) is 37.2 Å². The molecule has 0 spiro atoms. The van der Waals surface area contributed by atoms with E-state index >= 15 is 0 Å². The minimum Gasteiger partial charge on any atom is -0.389 e. The summed E-state index contributed by atoms with van der Waals surface area (Å²) in [7, 11) is 1.85. The van der Waals surface area contributed by atoms with Gasteiger partial charge in [0.2, 0.25) is 5.91 Å². The Balaban J connectivity index is 1.75. The van der Waals surface area contributed by atoms with E-state index in [9.17, 15) is 4.79 Å². The number of amides is 1. The number of fused-ring (bicyclic) bond motifs is 1. The molecule has 0 aromatic heterocycles. The van der Waals surface area contributed by atoms with Crippen molar-refractivity contribution in [3.63, 3.8) is 0 Å². The second-order valence-electron chi connectivity index (χ2n) is 5.95. The molecular weight excluding hydrogens is 268 g/mol.